The van der Waals surface area contributed by atoms with E-state index in [0.29, 0.717) is 19.3 Å². The highest BCUT2D eigenvalue weighted by atomic mass is 16.3. The number of aromatic nitrogens is 1. The minimum absolute atomic E-state index is 0.184. The van der Waals surface area contributed by atoms with Crippen LogP contribution < -0.4 is 0 Å². The fraction of sp³-hybridized carbons (Fsp3) is 0.176. The van der Waals surface area contributed by atoms with Crippen molar-refractivity contribution in [3.63, 3.8) is 0 Å². The number of furan rings is 1. The Kier molecular flexibility index (Phi) is 3.59. The summed E-state index contributed by atoms with van der Waals surface area (Å²) in [5.41, 5.74) is 1.76. The van der Waals surface area contributed by atoms with E-state index in [0.717, 1.165) is 22.4 Å². The molecule has 0 aliphatic rings. The number of aryl methyl sites for hydroxylation is 1. The van der Waals surface area contributed by atoms with E-state index in [1.165, 1.54) is 0 Å². The fourth-order valence-electron chi connectivity index (χ4n) is 2.21. The van der Waals surface area contributed by atoms with Crippen LogP contribution in [-0.4, -0.2) is 10.8 Å². The summed E-state index contributed by atoms with van der Waals surface area (Å²) in [5, 5.41) is 1.10. The number of Topliss-reactive ketones (excluding diaryl/α,β-unsaturated/α-hetero) is 1. The molecule has 0 atom stereocenters. The maximum absolute atomic E-state index is 12.0. The maximum atomic E-state index is 12.0. The zero-order chi connectivity index (χ0) is 13.8. The molecule has 2 aromatic heterocycles. The van der Waals surface area contributed by atoms with Crippen LogP contribution in [0.15, 0.2) is 59.2 Å². The number of nitrogens with zero attached hydrogens (tertiary/aromatic N) is 1. The molecule has 0 aliphatic heterocycles. The van der Waals surface area contributed by atoms with Gasteiger partial charge in [-0.3, -0.25) is 9.78 Å². The van der Waals surface area contributed by atoms with Gasteiger partial charge in [-0.15, -0.1) is 0 Å². The van der Waals surface area contributed by atoms with Gasteiger partial charge in [0.2, 0.25) is 0 Å². The quantitative estimate of drug-likeness (QED) is 0.708. The van der Waals surface area contributed by atoms with E-state index in [9.17, 15) is 4.79 Å². The molecule has 3 aromatic rings. The molecule has 0 unspecified atom stereocenters. The SMILES string of the molecule is O=C(CCc1ccco1)Cc1ccc2ccccc2n1. The van der Waals surface area contributed by atoms with Crippen molar-refractivity contribution in [2.24, 2.45) is 0 Å². The minimum Gasteiger partial charge on any atom is -0.469 e. The molecule has 3 rings (SSSR count). The van der Waals surface area contributed by atoms with Crippen LogP contribution in [0.3, 0.4) is 0 Å². The van der Waals surface area contributed by atoms with E-state index < -0.39 is 0 Å². The average Bonchev–Trinajstić information content (AvgIpc) is 2.98. The lowest BCUT2D eigenvalue weighted by Gasteiger charge is -2.02. The molecule has 3 heteroatoms. The van der Waals surface area contributed by atoms with Crippen LogP contribution >= 0.6 is 0 Å². The van der Waals surface area contributed by atoms with Crippen molar-refractivity contribution in [2.75, 3.05) is 0 Å². The Bertz CT molecular complexity index is 717. The first-order valence-electron chi connectivity index (χ1n) is 6.70. The summed E-state index contributed by atoms with van der Waals surface area (Å²) in [5.74, 6) is 1.04. The number of fused-ring (bicyclic) bond motifs is 1. The van der Waals surface area contributed by atoms with Crippen molar-refractivity contribution < 1.29 is 9.21 Å². The molecule has 0 amide bonds. The van der Waals surface area contributed by atoms with Gasteiger partial charge in [-0.1, -0.05) is 24.3 Å². The summed E-state index contributed by atoms with van der Waals surface area (Å²) in [6.45, 7) is 0. The molecule has 3 nitrogen and oxygen atoms in total. The van der Waals surface area contributed by atoms with Gasteiger partial charge < -0.3 is 4.42 Å². The largest absolute Gasteiger partial charge is 0.469 e. The summed E-state index contributed by atoms with van der Waals surface area (Å²) in [4.78, 5) is 16.5. The second kappa shape index (κ2) is 5.70. The number of ketones is 1. The third-order valence-corrected chi connectivity index (χ3v) is 3.26. The summed E-state index contributed by atoms with van der Waals surface area (Å²) in [6, 6.07) is 15.6. The van der Waals surface area contributed by atoms with Crippen LogP contribution in [0.1, 0.15) is 17.9 Å². The lowest BCUT2D eigenvalue weighted by molar-refractivity contribution is -0.118. The Morgan fingerprint density at radius 3 is 2.80 bits per heavy atom. The number of pyridine rings is 1. The van der Waals surface area contributed by atoms with Crippen molar-refractivity contribution in [1.29, 1.82) is 0 Å². The van der Waals surface area contributed by atoms with Crippen LogP contribution in [0.4, 0.5) is 0 Å². The third kappa shape index (κ3) is 2.94. The van der Waals surface area contributed by atoms with E-state index in [4.69, 9.17) is 4.42 Å². The van der Waals surface area contributed by atoms with E-state index in [-0.39, 0.29) is 5.78 Å². The van der Waals surface area contributed by atoms with Gasteiger partial charge >= 0.3 is 0 Å². The number of hydrogen-bond acceptors (Lipinski definition) is 3. The first-order chi connectivity index (χ1) is 9.81. The van der Waals surface area contributed by atoms with E-state index in [1.807, 2.05) is 48.5 Å². The van der Waals surface area contributed by atoms with E-state index in [2.05, 4.69) is 4.98 Å². The molecule has 100 valence electrons. The van der Waals surface area contributed by atoms with Crippen molar-refractivity contribution in [1.82, 2.24) is 4.98 Å². The molecule has 0 aliphatic carbocycles. The lowest BCUT2D eigenvalue weighted by atomic mass is 10.1. The third-order valence-electron chi connectivity index (χ3n) is 3.26. The average molecular weight is 265 g/mol. The highest BCUT2D eigenvalue weighted by molar-refractivity contribution is 5.82. The molecular formula is C17H15NO2. The molecule has 0 bridgehead atoms. The predicted molar refractivity (Wildman–Crippen MR) is 77.5 cm³/mol. The summed E-state index contributed by atoms with van der Waals surface area (Å²) in [6.07, 6.45) is 3.15. The van der Waals surface area contributed by atoms with Crippen molar-refractivity contribution in [3.8, 4) is 0 Å². The fourth-order valence-corrected chi connectivity index (χ4v) is 2.21. The molecule has 0 radical (unpaired) electrons. The van der Waals surface area contributed by atoms with E-state index in [1.54, 1.807) is 6.26 Å². The van der Waals surface area contributed by atoms with Crippen molar-refractivity contribution >= 4 is 16.7 Å². The van der Waals surface area contributed by atoms with Gasteiger partial charge in [0.1, 0.15) is 11.5 Å². The number of rotatable bonds is 5. The highest BCUT2D eigenvalue weighted by Gasteiger charge is 2.07. The number of para-hydroxylation sites is 1. The van der Waals surface area contributed by atoms with Gasteiger partial charge in [0.05, 0.1) is 11.8 Å². The normalized spacial score (nSPS) is 10.8. The van der Waals surface area contributed by atoms with Gasteiger partial charge in [0.15, 0.2) is 0 Å². The monoisotopic (exact) mass is 265 g/mol. The molecular weight excluding hydrogens is 250 g/mol. The zero-order valence-corrected chi connectivity index (χ0v) is 11.1. The van der Waals surface area contributed by atoms with Crippen LogP contribution in [-0.2, 0) is 17.6 Å². The molecule has 0 saturated carbocycles. The zero-order valence-electron chi connectivity index (χ0n) is 11.1. The van der Waals surface area contributed by atoms with Crippen LogP contribution in [0.5, 0.6) is 0 Å². The lowest BCUT2D eigenvalue weighted by Crippen LogP contribution is -2.05. The first-order valence-corrected chi connectivity index (χ1v) is 6.70. The smallest absolute Gasteiger partial charge is 0.139 e. The van der Waals surface area contributed by atoms with Gasteiger partial charge in [0.25, 0.3) is 0 Å². The Balaban J connectivity index is 1.65. The molecule has 0 fully saturated rings. The highest BCUT2D eigenvalue weighted by Crippen LogP contribution is 2.13. The number of carbonyl (C=O) groups is 1. The Labute approximate surface area is 117 Å². The number of benzene rings is 1. The van der Waals surface area contributed by atoms with Crippen molar-refractivity contribution in [3.05, 3.63) is 66.2 Å². The molecule has 0 N–H and O–H groups in total. The standard InChI is InChI=1S/C17H15NO2/c19-15(9-10-16-5-3-11-20-16)12-14-8-7-13-4-1-2-6-17(13)18-14/h1-8,11H,9-10,12H2. The minimum atomic E-state index is 0.184. The Morgan fingerprint density at radius 2 is 1.95 bits per heavy atom. The van der Waals surface area contributed by atoms with Crippen LogP contribution in [0.25, 0.3) is 10.9 Å². The Hall–Kier alpha value is -2.42. The maximum Gasteiger partial charge on any atom is 0.139 e. The van der Waals surface area contributed by atoms with Gasteiger partial charge in [0, 0.05) is 30.3 Å². The number of hydrogen-bond donors (Lipinski definition) is 0. The van der Waals surface area contributed by atoms with Crippen LogP contribution in [0.2, 0.25) is 0 Å². The molecule has 1 aromatic carbocycles. The van der Waals surface area contributed by atoms with Gasteiger partial charge in [-0.2, -0.15) is 0 Å². The second-order valence-corrected chi connectivity index (χ2v) is 4.79. The number of carbonyl (C=O) groups excluding carboxylic acids is 1. The van der Waals surface area contributed by atoms with Gasteiger partial charge in [-0.25, -0.2) is 0 Å². The second-order valence-electron chi connectivity index (χ2n) is 4.79. The van der Waals surface area contributed by atoms with Crippen LogP contribution in [0, 0.1) is 0 Å². The Morgan fingerprint density at radius 1 is 1.05 bits per heavy atom. The predicted octanol–water partition coefficient (Wildman–Crippen LogP) is 3.57. The van der Waals surface area contributed by atoms with Gasteiger partial charge in [-0.05, 0) is 24.3 Å². The summed E-state index contributed by atoms with van der Waals surface area (Å²) < 4.78 is 5.22. The van der Waals surface area contributed by atoms with Crippen molar-refractivity contribution in [2.45, 2.75) is 19.3 Å². The molecule has 20 heavy (non-hydrogen) atoms. The summed E-state index contributed by atoms with van der Waals surface area (Å²) in [7, 11) is 0. The topological polar surface area (TPSA) is 43.1 Å². The first kappa shape index (κ1) is 12.6. The summed E-state index contributed by atoms with van der Waals surface area (Å²) >= 11 is 0. The molecule has 2 heterocycles. The molecule has 0 saturated heterocycles. The molecule has 0 spiro atoms. The van der Waals surface area contributed by atoms with E-state index >= 15 is 0 Å².